The van der Waals surface area contributed by atoms with Crippen LogP contribution in [0.5, 0.6) is 0 Å². The van der Waals surface area contributed by atoms with E-state index in [4.69, 9.17) is 0 Å². The predicted octanol–water partition coefficient (Wildman–Crippen LogP) is 2.96. The number of hydrogen-bond donors (Lipinski definition) is 1. The Bertz CT molecular complexity index is 361. The Kier molecular flexibility index (Phi) is 5.00. The minimum absolute atomic E-state index is 0.753. The Hall–Kier alpha value is -1.09. The highest BCUT2D eigenvalue weighted by Crippen LogP contribution is 2.23. The van der Waals surface area contributed by atoms with Crippen molar-refractivity contribution in [1.82, 2.24) is 10.3 Å². The van der Waals surface area contributed by atoms with E-state index in [1.54, 1.807) is 0 Å². The summed E-state index contributed by atoms with van der Waals surface area (Å²) < 4.78 is 0. The van der Waals surface area contributed by atoms with Gasteiger partial charge >= 0.3 is 0 Å². The average Bonchev–Trinajstić information content (AvgIpc) is 3.22. The number of unbranched alkanes of at least 4 members (excludes halogenated alkanes) is 1. The van der Waals surface area contributed by atoms with Gasteiger partial charge in [-0.25, -0.2) is 0 Å². The van der Waals surface area contributed by atoms with Crippen molar-refractivity contribution in [2.75, 3.05) is 18.0 Å². The van der Waals surface area contributed by atoms with Gasteiger partial charge in [-0.2, -0.15) is 0 Å². The first-order valence-electron chi connectivity index (χ1n) is 7.26. The Labute approximate surface area is 111 Å². The summed E-state index contributed by atoms with van der Waals surface area (Å²) in [7, 11) is 0. The zero-order valence-corrected chi connectivity index (χ0v) is 11.7. The molecule has 1 heterocycles. The third-order valence-corrected chi connectivity index (χ3v) is 3.54. The van der Waals surface area contributed by atoms with E-state index in [0.29, 0.717) is 0 Å². The first kappa shape index (κ1) is 13.3. The van der Waals surface area contributed by atoms with Gasteiger partial charge in [-0.3, -0.25) is 4.98 Å². The number of nitrogens with zero attached hydrogens (tertiary/aromatic N) is 2. The lowest BCUT2D eigenvalue weighted by molar-refractivity contribution is 0.676. The minimum atomic E-state index is 0.753. The van der Waals surface area contributed by atoms with Crippen LogP contribution in [0.4, 0.5) is 5.69 Å². The van der Waals surface area contributed by atoms with Gasteiger partial charge in [0.15, 0.2) is 0 Å². The van der Waals surface area contributed by atoms with E-state index in [-0.39, 0.29) is 0 Å². The number of pyridine rings is 1. The predicted molar refractivity (Wildman–Crippen MR) is 76.9 cm³/mol. The highest BCUT2D eigenvalue weighted by atomic mass is 15.1. The van der Waals surface area contributed by atoms with Crippen molar-refractivity contribution in [3.63, 3.8) is 0 Å². The summed E-state index contributed by atoms with van der Waals surface area (Å²) in [5.41, 5.74) is 2.69. The molecule has 1 fully saturated rings. The third-order valence-electron chi connectivity index (χ3n) is 3.54. The molecule has 1 aliphatic carbocycles. The van der Waals surface area contributed by atoms with Crippen LogP contribution in [-0.4, -0.2) is 24.1 Å². The molecule has 1 aromatic heterocycles. The van der Waals surface area contributed by atoms with Crippen molar-refractivity contribution >= 4 is 5.69 Å². The Balaban J connectivity index is 2.02. The lowest BCUT2D eigenvalue weighted by atomic mass is 10.2. The van der Waals surface area contributed by atoms with Crippen molar-refractivity contribution in [3.8, 4) is 0 Å². The molecule has 0 spiro atoms. The fourth-order valence-corrected chi connectivity index (χ4v) is 2.20. The van der Waals surface area contributed by atoms with Crippen LogP contribution in [0.15, 0.2) is 18.5 Å². The molecule has 3 heteroatoms. The molecule has 18 heavy (non-hydrogen) atoms. The van der Waals surface area contributed by atoms with Crippen LogP contribution in [0, 0.1) is 0 Å². The second-order valence-corrected chi connectivity index (χ2v) is 5.09. The first-order valence-corrected chi connectivity index (χ1v) is 7.26. The maximum atomic E-state index is 4.27. The molecule has 0 amide bonds. The molecule has 1 N–H and O–H groups in total. The van der Waals surface area contributed by atoms with Gasteiger partial charge in [-0.1, -0.05) is 13.3 Å². The standard InChI is InChI=1S/C15H25N3/c1-3-5-10-18(4-2)15-8-9-16-11-13(15)12-17-14-6-7-14/h8-9,11,14,17H,3-7,10,12H2,1-2H3. The molecule has 0 aromatic carbocycles. The van der Waals surface area contributed by atoms with E-state index in [1.807, 2.05) is 12.4 Å². The zero-order chi connectivity index (χ0) is 12.8. The van der Waals surface area contributed by atoms with E-state index >= 15 is 0 Å². The summed E-state index contributed by atoms with van der Waals surface area (Å²) in [6.45, 7) is 7.65. The molecule has 0 atom stereocenters. The lowest BCUT2D eigenvalue weighted by Gasteiger charge is -2.25. The molecular formula is C15H25N3. The molecule has 3 nitrogen and oxygen atoms in total. The van der Waals surface area contributed by atoms with E-state index < -0.39 is 0 Å². The van der Waals surface area contributed by atoms with Gasteiger partial charge in [0.2, 0.25) is 0 Å². The van der Waals surface area contributed by atoms with Crippen molar-refractivity contribution in [1.29, 1.82) is 0 Å². The van der Waals surface area contributed by atoms with Crippen LogP contribution in [-0.2, 0) is 6.54 Å². The summed E-state index contributed by atoms with van der Waals surface area (Å²) in [5.74, 6) is 0. The summed E-state index contributed by atoms with van der Waals surface area (Å²) in [6.07, 6.45) is 9.10. The molecule has 2 rings (SSSR count). The topological polar surface area (TPSA) is 28.2 Å². The molecule has 0 aliphatic heterocycles. The van der Waals surface area contributed by atoms with Gasteiger partial charge in [0, 0.05) is 49.3 Å². The minimum Gasteiger partial charge on any atom is -0.371 e. The lowest BCUT2D eigenvalue weighted by Crippen LogP contribution is -2.26. The molecule has 0 bridgehead atoms. The summed E-state index contributed by atoms with van der Waals surface area (Å²) in [6, 6.07) is 2.91. The summed E-state index contributed by atoms with van der Waals surface area (Å²) in [4.78, 5) is 6.74. The number of hydrogen-bond acceptors (Lipinski definition) is 3. The monoisotopic (exact) mass is 247 g/mol. The van der Waals surface area contributed by atoms with Gasteiger partial charge in [0.25, 0.3) is 0 Å². The van der Waals surface area contributed by atoms with Crippen molar-refractivity contribution in [3.05, 3.63) is 24.0 Å². The van der Waals surface area contributed by atoms with Gasteiger partial charge in [-0.15, -0.1) is 0 Å². The Morgan fingerprint density at radius 2 is 2.22 bits per heavy atom. The van der Waals surface area contributed by atoms with Crippen molar-refractivity contribution < 1.29 is 0 Å². The van der Waals surface area contributed by atoms with Gasteiger partial charge < -0.3 is 10.2 Å². The van der Waals surface area contributed by atoms with E-state index in [2.05, 4.69) is 35.1 Å². The second-order valence-electron chi connectivity index (χ2n) is 5.09. The van der Waals surface area contributed by atoms with Crippen LogP contribution >= 0.6 is 0 Å². The van der Waals surface area contributed by atoms with Gasteiger partial charge in [0.05, 0.1) is 0 Å². The zero-order valence-electron chi connectivity index (χ0n) is 11.7. The number of rotatable bonds is 8. The maximum Gasteiger partial charge on any atom is 0.0442 e. The molecule has 0 unspecified atom stereocenters. The fraction of sp³-hybridized carbons (Fsp3) is 0.667. The van der Waals surface area contributed by atoms with E-state index in [1.165, 1.54) is 36.9 Å². The Morgan fingerprint density at radius 3 is 2.89 bits per heavy atom. The molecule has 100 valence electrons. The fourth-order valence-electron chi connectivity index (χ4n) is 2.20. The summed E-state index contributed by atoms with van der Waals surface area (Å²) in [5, 5.41) is 3.58. The van der Waals surface area contributed by atoms with Crippen LogP contribution in [0.2, 0.25) is 0 Å². The van der Waals surface area contributed by atoms with E-state index in [0.717, 1.165) is 25.7 Å². The van der Waals surface area contributed by atoms with Crippen LogP contribution in [0.3, 0.4) is 0 Å². The van der Waals surface area contributed by atoms with Crippen LogP contribution in [0.1, 0.15) is 45.1 Å². The highest BCUT2D eigenvalue weighted by Gasteiger charge is 2.20. The molecule has 0 radical (unpaired) electrons. The number of aromatic nitrogens is 1. The molecular weight excluding hydrogens is 222 g/mol. The quantitative estimate of drug-likeness (QED) is 0.765. The molecule has 1 saturated carbocycles. The first-order chi connectivity index (χ1) is 8.85. The summed E-state index contributed by atoms with van der Waals surface area (Å²) >= 11 is 0. The number of nitrogens with one attached hydrogen (secondary N) is 1. The normalized spacial score (nSPS) is 14.8. The largest absolute Gasteiger partial charge is 0.371 e. The van der Waals surface area contributed by atoms with Crippen molar-refractivity contribution in [2.24, 2.45) is 0 Å². The average molecular weight is 247 g/mol. The smallest absolute Gasteiger partial charge is 0.0442 e. The van der Waals surface area contributed by atoms with Gasteiger partial charge in [0.1, 0.15) is 0 Å². The molecule has 1 aliphatic rings. The Morgan fingerprint density at radius 1 is 1.39 bits per heavy atom. The molecule has 0 saturated heterocycles. The SMILES string of the molecule is CCCCN(CC)c1ccncc1CNC1CC1. The molecule has 1 aromatic rings. The van der Waals surface area contributed by atoms with Crippen LogP contribution < -0.4 is 10.2 Å². The second kappa shape index (κ2) is 6.74. The van der Waals surface area contributed by atoms with E-state index in [9.17, 15) is 0 Å². The van der Waals surface area contributed by atoms with Gasteiger partial charge in [-0.05, 0) is 32.3 Å². The van der Waals surface area contributed by atoms with Crippen LogP contribution in [0.25, 0.3) is 0 Å². The third kappa shape index (κ3) is 3.70. The van der Waals surface area contributed by atoms with Crippen molar-refractivity contribution in [2.45, 2.75) is 52.1 Å². The highest BCUT2D eigenvalue weighted by molar-refractivity contribution is 5.52. The number of anilines is 1. The maximum absolute atomic E-state index is 4.27.